The first-order valence-electron chi connectivity index (χ1n) is 6.29. The molecular weight excluding hydrogens is 293 g/mol. The first-order chi connectivity index (χ1) is 10.3. The largest absolute Gasteiger partial charge is 0.407 e. The second-order valence-corrected chi connectivity index (χ2v) is 4.61. The summed E-state index contributed by atoms with van der Waals surface area (Å²) in [4.78, 5) is 14.2. The number of nitrogens with two attached hydrogens (primary N) is 1. The molecule has 2 rings (SSSR count). The van der Waals surface area contributed by atoms with Crippen LogP contribution in [0.1, 0.15) is 11.1 Å². The Morgan fingerprint density at radius 2 is 1.73 bits per heavy atom. The maximum Gasteiger partial charge on any atom is 0.407 e. The lowest BCUT2D eigenvalue weighted by atomic mass is 9.94. The van der Waals surface area contributed by atoms with Crippen LogP contribution in [0.2, 0.25) is 0 Å². The van der Waals surface area contributed by atoms with Crippen molar-refractivity contribution in [2.75, 3.05) is 0 Å². The van der Waals surface area contributed by atoms with E-state index < -0.39 is 23.3 Å². The van der Waals surface area contributed by atoms with Crippen LogP contribution in [-0.2, 0) is 17.4 Å². The van der Waals surface area contributed by atoms with Crippen molar-refractivity contribution in [1.29, 1.82) is 0 Å². The number of alkyl halides is 3. The van der Waals surface area contributed by atoms with Gasteiger partial charge in [-0.15, -0.1) is 0 Å². The molecule has 1 amide bonds. The Morgan fingerprint density at radius 3 is 2.32 bits per heavy atom. The number of rotatable bonds is 3. The minimum absolute atomic E-state index is 0.107. The van der Waals surface area contributed by atoms with Gasteiger partial charge in [0, 0.05) is 0 Å². The fourth-order valence-electron chi connectivity index (χ4n) is 2.23. The van der Waals surface area contributed by atoms with Gasteiger partial charge in [0.1, 0.15) is 0 Å². The van der Waals surface area contributed by atoms with Crippen molar-refractivity contribution in [3.05, 3.63) is 65.0 Å². The number of hydrogen-bond donors (Lipinski definition) is 1. The van der Waals surface area contributed by atoms with Crippen LogP contribution in [0.15, 0.2) is 42.5 Å². The molecule has 2 aromatic rings. The summed E-state index contributed by atoms with van der Waals surface area (Å²) in [5.74, 6) is -0.594. The van der Waals surface area contributed by atoms with Gasteiger partial charge in [0.05, 0.1) is 18.6 Å². The van der Waals surface area contributed by atoms with Crippen LogP contribution >= 0.6 is 0 Å². The highest BCUT2D eigenvalue weighted by molar-refractivity contribution is 5.86. The average molecular weight is 304 g/mol. The molecule has 0 saturated heterocycles. The minimum Gasteiger partial charge on any atom is -0.369 e. The molecule has 112 valence electrons. The van der Waals surface area contributed by atoms with E-state index in [0.29, 0.717) is 11.1 Å². The van der Waals surface area contributed by atoms with Crippen LogP contribution in [0.5, 0.6) is 0 Å². The molecule has 0 aromatic heterocycles. The van der Waals surface area contributed by atoms with E-state index in [4.69, 9.17) is 12.3 Å². The Bertz CT molecular complexity index is 761. The summed E-state index contributed by atoms with van der Waals surface area (Å²) in [5, 5.41) is 0. The van der Waals surface area contributed by atoms with Gasteiger partial charge >= 0.3 is 6.18 Å². The maximum absolute atomic E-state index is 13.0. The van der Waals surface area contributed by atoms with Gasteiger partial charge in [0.15, 0.2) is 0 Å². The van der Waals surface area contributed by atoms with Gasteiger partial charge in [-0.25, -0.2) is 4.85 Å². The normalized spacial score (nSPS) is 11.0. The number of benzene rings is 2. The number of hydrogen-bond acceptors (Lipinski definition) is 1. The SMILES string of the molecule is [C-]#[N+]c1c(-c2ccccc2CC(N)=O)cccc1C(F)(F)F. The topological polar surface area (TPSA) is 47.5 Å². The zero-order valence-corrected chi connectivity index (χ0v) is 11.3. The minimum atomic E-state index is -4.62. The van der Waals surface area contributed by atoms with E-state index in [1.165, 1.54) is 12.1 Å². The number of para-hydroxylation sites is 1. The predicted octanol–water partition coefficient (Wildman–Crippen LogP) is 3.95. The van der Waals surface area contributed by atoms with Crippen molar-refractivity contribution in [2.24, 2.45) is 5.73 Å². The first kappa shape index (κ1) is 15.6. The number of halogens is 3. The smallest absolute Gasteiger partial charge is 0.369 e. The molecule has 0 saturated carbocycles. The second-order valence-electron chi connectivity index (χ2n) is 4.61. The molecule has 0 spiro atoms. The summed E-state index contributed by atoms with van der Waals surface area (Å²) in [6, 6.07) is 10.0. The van der Waals surface area contributed by atoms with Crippen LogP contribution in [0.4, 0.5) is 18.9 Å². The summed E-state index contributed by atoms with van der Waals surface area (Å²) in [5.41, 5.74) is 4.72. The average Bonchev–Trinajstić information content (AvgIpc) is 2.45. The molecule has 0 heterocycles. The van der Waals surface area contributed by atoms with Gasteiger partial charge in [-0.05, 0) is 16.7 Å². The van der Waals surface area contributed by atoms with Gasteiger partial charge in [-0.3, -0.25) is 4.79 Å². The quantitative estimate of drug-likeness (QED) is 0.857. The zero-order chi connectivity index (χ0) is 16.3. The van der Waals surface area contributed by atoms with Crippen molar-refractivity contribution in [2.45, 2.75) is 12.6 Å². The number of nitrogens with zero attached hydrogens (tertiary/aromatic N) is 1. The maximum atomic E-state index is 13.0. The molecule has 0 aliphatic rings. The van der Waals surface area contributed by atoms with Crippen molar-refractivity contribution >= 4 is 11.6 Å². The summed E-state index contributed by atoms with van der Waals surface area (Å²) in [6.45, 7) is 7.10. The monoisotopic (exact) mass is 304 g/mol. The molecular formula is C16H11F3N2O. The van der Waals surface area contributed by atoms with E-state index >= 15 is 0 Å². The highest BCUT2D eigenvalue weighted by atomic mass is 19.4. The third-order valence-electron chi connectivity index (χ3n) is 3.13. The molecule has 0 atom stereocenters. The standard InChI is InChI=1S/C16H11F3N2O/c1-21-15-12(7-4-8-13(15)16(17,18)19)11-6-3-2-5-10(11)9-14(20)22/h2-8H,9H2,(H2,20,22). The molecule has 22 heavy (non-hydrogen) atoms. The highest BCUT2D eigenvalue weighted by Gasteiger charge is 2.34. The number of amides is 1. The van der Waals surface area contributed by atoms with E-state index in [-0.39, 0.29) is 12.0 Å². The lowest BCUT2D eigenvalue weighted by Gasteiger charge is -2.14. The molecule has 0 aliphatic carbocycles. The summed E-state index contributed by atoms with van der Waals surface area (Å²) < 4.78 is 39.1. The van der Waals surface area contributed by atoms with Gasteiger partial charge in [-0.2, -0.15) is 13.2 Å². The van der Waals surface area contributed by atoms with Gasteiger partial charge < -0.3 is 5.73 Å². The van der Waals surface area contributed by atoms with E-state index in [0.717, 1.165) is 6.07 Å². The lowest BCUT2D eigenvalue weighted by Crippen LogP contribution is -2.14. The first-order valence-corrected chi connectivity index (χ1v) is 6.29. The summed E-state index contributed by atoms with van der Waals surface area (Å²) >= 11 is 0. The van der Waals surface area contributed by atoms with E-state index in [1.807, 2.05) is 0 Å². The molecule has 2 aromatic carbocycles. The van der Waals surface area contributed by atoms with Crippen molar-refractivity contribution in [1.82, 2.24) is 0 Å². The van der Waals surface area contributed by atoms with Gasteiger partial charge in [0.25, 0.3) is 0 Å². The third kappa shape index (κ3) is 3.09. The molecule has 3 nitrogen and oxygen atoms in total. The van der Waals surface area contributed by atoms with E-state index in [1.54, 1.807) is 24.3 Å². The highest BCUT2D eigenvalue weighted by Crippen LogP contribution is 2.42. The fourth-order valence-corrected chi connectivity index (χ4v) is 2.23. The molecule has 6 heteroatoms. The number of primary amides is 1. The molecule has 0 radical (unpaired) electrons. The van der Waals surface area contributed by atoms with Crippen LogP contribution in [0, 0.1) is 6.57 Å². The van der Waals surface area contributed by atoms with Crippen LogP contribution in [0.3, 0.4) is 0 Å². The van der Waals surface area contributed by atoms with Crippen LogP contribution < -0.4 is 5.73 Å². The molecule has 0 fully saturated rings. The molecule has 0 unspecified atom stereocenters. The third-order valence-corrected chi connectivity index (χ3v) is 3.13. The zero-order valence-electron chi connectivity index (χ0n) is 11.3. The van der Waals surface area contributed by atoms with E-state index in [9.17, 15) is 18.0 Å². The van der Waals surface area contributed by atoms with E-state index in [2.05, 4.69) is 4.85 Å². The Balaban J connectivity index is 2.70. The van der Waals surface area contributed by atoms with Gasteiger partial charge in [-0.1, -0.05) is 42.5 Å². The molecule has 2 N–H and O–H groups in total. The number of carbonyl (C=O) groups excluding carboxylic acids is 1. The van der Waals surface area contributed by atoms with Crippen LogP contribution in [0.25, 0.3) is 16.0 Å². The molecule has 0 aliphatic heterocycles. The lowest BCUT2D eigenvalue weighted by molar-refractivity contribution is -0.136. The summed E-state index contributed by atoms with van der Waals surface area (Å²) in [7, 11) is 0. The Kier molecular flexibility index (Phi) is 4.18. The number of carbonyl (C=O) groups is 1. The van der Waals surface area contributed by atoms with Gasteiger partial charge in [0.2, 0.25) is 11.6 Å². The Morgan fingerprint density at radius 1 is 1.09 bits per heavy atom. The van der Waals surface area contributed by atoms with Crippen molar-refractivity contribution < 1.29 is 18.0 Å². The van der Waals surface area contributed by atoms with Crippen molar-refractivity contribution in [3.63, 3.8) is 0 Å². The fraction of sp³-hybridized carbons (Fsp3) is 0.125. The van der Waals surface area contributed by atoms with Crippen LogP contribution in [-0.4, -0.2) is 5.91 Å². The predicted molar refractivity (Wildman–Crippen MR) is 76.0 cm³/mol. The van der Waals surface area contributed by atoms with Crippen molar-refractivity contribution in [3.8, 4) is 11.1 Å². The summed E-state index contributed by atoms with van der Waals surface area (Å²) in [6.07, 6.45) is -4.72. The Hall–Kier alpha value is -2.81. The Labute approximate surface area is 125 Å². The second kappa shape index (κ2) is 5.90. The molecule has 0 bridgehead atoms.